The molecule has 12 heteroatoms. The molecule has 1 amide bonds. The molecule has 28 heavy (non-hydrogen) atoms. The van der Waals surface area contributed by atoms with E-state index < -0.39 is 10.2 Å². The molecular formula is C16H14N6O4S2. The Labute approximate surface area is 166 Å². The number of thioether (sulfide) groups is 1. The topological polar surface area (TPSA) is 144 Å². The molecule has 0 saturated heterocycles. The second kappa shape index (κ2) is 8.71. The molecule has 1 unspecified atom stereocenters. The van der Waals surface area contributed by atoms with Crippen LogP contribution < -0.4 is 10.9 Å². The fraction of sp³-hybridized carbons (Fsp3) is 0.188. The fourth-order valence-corrected chi connectivity index (χ4v) is 3.82. The first kappa shape index (κ1) is 19.6. The Morgan fingerprint density at radius 1 is 1.39 bits per heavy atom. The van der Waals surface area contributed by atoms with E-state index in [2.05, 4.69) is 25.5 Å². The number of nitro groups is 1. The lowest BCUT2D eigenvalue weighted by atomic mass is 10.2. The average Bonchev–Trinajstić information content (AvgIpc) is 3.14. The highest BCUT2D eigenvalue weighted by atomic mass is 32.2. The summed E-state index contributed by atoms with van der Waals surface area (Å²) in [6.07, 6.45) is 1.88. The van der Waals surface area contributed by atoms with Crippen LogP contribution in [0.25, 0.3) is 10.6 Å². The molecular weight excluding hydrogens is 404 g/mol. The minimum absolute atomic E-state index is 0.0508. The molecule has 2 N–H and O–H groups in total. The van der Waals surface area contributed by atoms with E-state index in [0.29, 0.717) is 22.1 Å². The third-order valence-corrected chi connectivity index (χ3v) is 5.67. The number of aromatic amines is 1. The minimum atomic E-state index is -0.490. The quantitative estimate of drug-likeness (QED) is 0.258. The third kappa shape index (κ3) is 4.78. The van der Waals surface area contributed by atoms with Crippen molar-refractivity contribution in [3.63, 3.8) is 0 Å². The van der Waals surface area contributed by atoms with E-state index in [1.807, 2.05) is 6.92 Å². The van der Waals surface area contributed by atoms with Crippen LogP contribution in [0.2, 0.25) is 0 Å². The van der Waals surface area contributed by atoms with Crippen LogP contribution in [0.15, 0.2) is 46.5 Å². The maximum absolute atomic E-state index is 12.5. The van der Waals surface area contributed by atoms with Gasteiger partial charge in [0, 0.05) is 30.0 Å². The first-order valence-electron chi connectivity index (χ1n) is 8.07. The highest BCUT2D eigenvalue weighted by Crippen LogP contribution is 2.29. The van der Waals surface area contributed by atoms with Crippen LogP contribution in [0.5, 0.6) is 0 Å². The Morgan fingerprint density at radius 3 is 2.93 bits per heavy atom. The number of non-ortho nitro benzene ring substituents is 1. The summed E-state index contributed by atoms with van der Waals surface area (Å²) < 4.78 is 0. The summed E-state index contributed by atoms with van der Waals surface area (Å²) in [7, 11) is 0. The molecule has 0 spiro atoms. The molecule has 1 atom stereocenters. The lowest BCUT2D eigenvalue weighted by Gasteiger charge is -2.12. The number of amides is 1. The van der Waals surface area contributed by atoms with Gasteiger partial charge in [0.05, 0.1) is 10.2 Å². The van der Waals surface area contributed by atoms with E-state index in [4.69, 9.17) is 0 Å². The molecule has 0 radical (unpaired) electrons. The zero-order chi connectivity index (χ0) is 20.1. The number of carbonyl (C=O) groups is 1. The molecule has 10 nitrogen and oxygen atoms in total. The first-order valence-corrected chi connectivity index (χ1v) is 9.77. The van der Waals surface area contributed by atoms with Gasteiger partial charge in [-0.25, -0.2) is 4.98 Å². The second-order valence-electron chi connectivity index (χ2n) is 5.46. The molecule has 3 rings (SSSR count). The SMILES string of the molecule is CCC(Sc1nccc(=O)[nH]1)C(=O)Nc1nnc(-c2cccc([N+](=O)[O-])c2)s1. The van der Waals surface area contributed by atoms with Gasteiger partial charge >= 0.3 is 0 Å². The Morgan fingerprint density at radius 2 is 2.21 bits per heavy atom. The molecule has 0 aliphatic carbocycles. The van der Waals surface area contributed by atoms with Gasteiger partial charge in [0.1, 0.15) is 5.01 Å². The number of rotatable bonds is 7. The number of nitrogens with one attached hydrogen (secondary N) is 2. The molecule has 3 aromatic rings. The smallest absolute Gasteiger partial charge is 0.270 e. The van der Waals surface area contributed by atoms with Crippen LogP contribution >= 0.6 is 23.1 Å². The van der Waals surface area contributed by atoms with Gasteiger partial charge in [-0.15, -0.1) is 10.2 Å². The first-order chi connectivity index (χ1) is 13.5. The summed E-state index contributed by atoms with van der Waals surface area (Å²) in [5.41, 5.74) is 0.197. The Bertz CT molecular complexity index is 1070. The lowest BCUT2D eigenvalue weighted by molar-refractivity contribution is -0.384. The summed E-state index contributed by atoms with van der Waals surface area (Å²) in [4.78, 5) is 40.9. The summed E-state index contributed by atoms with van der Waals surface area (Å²) in [6, 6.07) is 7.32. The summed E-state index contributed by atoms with van der Waals surface area (Å²) in [5, 5.41) is 22.1. The number of H-pyrrole nitrogens is 1. The van der Waals surface area contributed by atoms with Crippen molar-refractivity contribution in [1.82, 2.24) is 20.2 Å². The zero-order valence-corrected chi connectivity index (χ0v) is 16.1. The normalized spacial score (nSPS) is 11.8. The molecule has 0 fully saturated rings. The number of aromatic nitrogens is 4. The van der Waals surface area contributed by atoms with Crippen molar-refractivity contribution in [2.75, 3.05) is 5.32 Å². The minimum Gasteiger partial charge on any atom is -0.301 e. The molecule has 0 aliphatic rings. The largest absolute Gasteiger partial charge is 0.301 e. The number of hydrogen-bond acceptors (Lipinski definition) is 9. The van der Waals surface area contributed by atoms with Crippen molar-refractivity contribution >= 4 is 39.8 Å². The highest BCUT2D eigenvalue weighted by Gasteiger charge is 2.21. The number of carbonyl (C=O) groups excluding carboxylic acids is 1. The van der Waals surface area contributed by atoms with Crippen molar-refractivity contribution in [2.24, 2.45) is 0 Å². The molecule has 2 heterocycles. The van der Waals surface area contributed by atoms with E-state index in [1.165, 1.54) is 24.4 Å². The number of benzene rings is 1. The summed E-state index contributed by atoms with van der Waals surface area (Å²) >= 11 is 2.25. The number of nitrogens with zero attached hydrogens (tertiary/aromatic N) is 4. The molecule has 2 aromatic heterocycles. The van der Waals surface area contributed by atoms with E-state index in [0.717, 1.165) is 23.1 Å². The van der Waals surface area contributed by atoms with Crippen LogP contribution in [0.3, 0.4) is 0 Å². The van der Waals surface area contributed by atoms with Crippen molar-refractivity contribution in [2.45, 2.75) is 23.8 Å². The van der Waals surface area contributed by atoms with Gasteiger partial charge in [0.15, 0.2) is 5.16 Å². The van der Waals surface area contributed by atoms with E-state index >= 15 is 0 Å². The van der Waals surface area contributed by atoms with E-state index in [1.54, 1.807) is 12.1 Å². The van der Waals surface area contributed by atoms with Crippen molar-refractivity contribution in [3.05, 3.63) is 57.0 Å². The summed E-state index contributed by atoms with van der Waals surface area (Å²) in [6.45, 7) is 1.84. The van der Waals surface area contributed by atoms with Crippen LogP contribution in [0.4, 0.5) is 10.8 Å². The molecule has 144 valence electrons. The maximum atomic E-state index is 12.5. The van der Waals surface area contributed by atoms with Gasteiger partial charge in [-0.3, -0.25) is 25.0 Å². The Kier molecular flexibility index (Phi) is 6.11. The second-order valence-corrected chi connectivity index (χ2v) is 7.63. The number of hydrogen-bond donors (Lipinski definition) is 2. The van der Waals surface area contributed by atoms with Crippen molar-refractivity contribution in [1.29, 1.82) is 0 Å². The van der Waals surface area contributed by atoms with Crippen LogP contribution in [-0.2, 0) is 4.79 Å². The lowest BCUT2D eigenvalue weighted by Crippen LogP contribution is -2.25. The third-order valence-electron chi connectivity index (χ3n) is 3.52. The van der Waals surface area contributed by atoms with E-state index in [9.17, 15) is 19.7 Å². The predicted molar refractivity (Wildman–Crippen MR) is 105 cm³/mol. The molecule has 0 saturated carbocycles. The Balaban J connectivity index is 1.71. The maximum Gasteiger partial charge on any atom is 0.270 e. The number of nitro benzene ring substituents is 1. The molecule has 0 aliphatic heterocycles. The highest BCUT2D eigenvalue weighted by molar-refractivity contribution is 8.00. The van der Waals surface area contributed by atoms with Crippen LogP contribution in [0, 0.1) is 10.1 Å². The van der Waals surface area contributed by atoms with Crippen LogP contribution in [0.1, 0.15) is 13.3 Å². The fourth-order valence-electron chi connectivity index (χ4n) is 2.20. The predicted octanol–water partition coefficient (Wildman–Crippen LogP) is 2.71. The van der Waals surface area contributed by atoms with Gasteiger partial charge in [-0.2, -0.15) is 0 Å². The molecule has 0 bridgehead atoms. The average molecular weight is 418 g/mol. The zero-order valence-electron chi connectivity index (χ0n) is 14.5. The van der Waals surface area contributed by atoms with Gasteiger partial charge in [-0.05, 0) is 6.42 Å². The monoisotopic (exact) mass is 418 g/mol. The number of anilines is 1. The Hall–Kier alpha value is -3.12. The van der Waals surface area contributed by atoms with Gasteiger partial charge in [0.25, 0.3) is 11.2 Å². The van der Waals surface area contributed by atoms with Crippen molar-refractivity contribution in [3.8, 4) is 10.6 Å². The van der Waals surface area contributed by atoms with Gasteiger partial charge in [-0.1, -0.05) is 42.2 Å². The van der Waals surface area contributed by atoms with Crippen molar-refractivity contribution < 1.29 is 9.72 Å². The van der Waals surface area contributed by atoms with Gasteiger partial charge < -0.3 is 4.98 Å². The summed E-state index contributed by atoms with van der Waals surface area (Å²) in [5.74, 6) is -0.305. The van der Waals surface area contributed by atoms with E-state index in [-0.39, 0.29) is 22.3 Å². The van der Waals surface area contributed by atoms with Crippen LogP contribution in [-0.4, -0.2) is 36.2 Å². The van der Waals surface area contributed by atoms with Gasteiger partial charge in [0.2, 0.25) is 11.0 Å². The molecule has 1 aromatic carbocycles. The standard InChI is InChI=1S/C16H14N6O4S2/c1-2-11(27-15-17-7-6-12(23)18-15)13(24)19-16-21-20-14(28-16)9-4-3-5-10(8-9)22(25)26/h3-8,11H,2H2,1H3,(H,17,18,23)(H,19,21,24).